The number of aromatic nitrogens is 1. The molecule has 2 aromatic carbocycles. The van der Waals surface area contributed by atoms with Gasteiger partial charge in [0.15, 0.2) is 5.13 Å². The molecule has 0 aliphatic heterocycles. The molecular weight excluding hydrogens is 459 g/mol. The van der Waals surface area contributed by atoms with E-state index in [0.717, 1.165) is 5.56 Å². The summed E-state index contributed by atoms with van der Waals surface area (Å²) in [4.78, 5) is 43.2. The average molecular weight is 485 g/mol. The quantitative estimate of drug-likeness (QED) is 0.459. The van der Waals surface area contributed by atoms with Crippen molar-refractivity contribution < 1.29 is 23.5 Å². The lowest BCUT2D eigenvalue weighted by Gasteiger charge is -2.21. The number of anilines is 2. The number of carbonyl (C=O) groups excluding carboxylic acids is 3. The number of halogens is 1. The van der Waals surface area contributed by atoms with E-state index in [4.69, 9.17) is 4.74 Å². The zero-order valence-corrected chi connectivity index (χ0v) is 19.7. The summed E-state index contributed by atoms with van der Waals surface area (Å²) in [7, 11) is 1.49. The van der Waals surface area contributed by atoms with E-state index < -0.39 is 17.6 Å². The van der Waals surface area contributed by atoms with Gasteiger partial charge in [0.1, 0.15) is 12.4 Å². The molecule has 0 atom stereocenters. The zero-order valence-electron chi connectivity index (χ0n) is 18.8. The van der Waals surface area contributed by atoms with E-state index in [0.29, 0.717) is 16.5 Å². The number of rotatable bonds is 10. The molecule has 0 unspecified atom stereocenters. The molecule has 34 heavy (non-hydrogen) atoms. The van der Waals surface area contributed by atoms with Gasteiger partial charge in [-0.15, -0.1) is 11.3 Å². The van der Waals surface area contributed by atoms with Gasteiger partial charge >= 0.3 is 0 Å². The smallest absolute Gasteiger partial charge is 0.254 e. The van der Waals surface area contributed by atoms with Crippen LogP contribution in [0.4, 0.5) is 15.2 Å². The molecule has 178 valence electrons. The van der Waals surface area contributed by atoms with Gasteiger partial charge in [-0.3, -0.25) is 14.4 Å². The minimum atomic E-state index is -0.454. The monoisotopic (exact) mass is 484 g/mol. The lowest BCUT2D eigenvalue weighted by atomic mass is 10.2. The summed E-state index contributed by atoms with van der Waals surface area (Å²) < 4.78 is 18.2. The van der Waals surface area contributed by atoms with Crippen LogP contribution in [0, 0.1) is 12.7 Å². The summed E-state index contributed by atoms with van der Waals surface area (Å²) in [5, 5.41) is 7.47. The molecule has 0 fully saturated rings. The van der Waals surface area contributed by atoms with Gasteiger partial charge in [0.25, 0.3) is 5.91 Å². The first-order chi connectivity index (χ1) is 16.3. The van der Waals surface area contributed by atoms with Crippen molar-refractivity contribution in [3.8, 4) is 0 Å². The van der Waals surface area contributed by atoms with Crippen LogP contribution in [0.15, 0.2) is 53.9 Å². The molecule has 10 heteroatoms. The van der Waals surface area contributed by atoms with E-state index in [1.54, 1.807) is 5.38 Å². The van der Waals surface area contributed by atoms with Crippen LogP contribution < -0.4 is 10.6 Å². The zero-order chi connectivity index (χ0) is 24.5. The minimum absolute atomic E-state index is 0.0588. The van der Waals surface area contributed by atoms with Crippen molar-refractivity contribution in [2.24, 2.45) is 0 Å². The molecule has 0 saturated carbocycles. The van der Waals surface area contributed by atoms with Crippen LogP contribution in [-0.4, -0.2) is 54.4 Å². The fraction of sp³-hybridized carbons (Fsp3) is 0.250. The highest BCUT2D eigenvalue weighted by Crippen LogP contribution is 2.17. The Hall–Kier alpha value is -3.63. The second kappa shape index (κ2) is 12.0. The number of nitrogens with one attached hydrogen (secondary N) is 2. The predicted octanol–water partition coefficient (Wildman–Crippen LogP) is 3.50. The summed E-state index contributed by atoms with van der Waals surface area (Å²) in [5.41, 5.74) is 2.57. The Kier molecular flexibility index (Phi) is 8.83. The fourth-order valence-electron chi connectivity index (χ4n) is 3.01. The molecule has 8 nitrogen and oxygen atoms in total. The number of nitrogens with zero attached hydrogens (tertiary/aromatic N) is 2. The first-order valence-corrected chi connectivity index (χ1v) is 11.4. The summed E-state index contributed by atoms with van der Waals surface area (Å²) in [6, 6.07) is 12.6. The van der Waals surface area contributed by atoms with E-state index in [9.17, 15) is 18.8 Å². The van der Waals surface area contributed by atoms with Crippen molar-refractivity contribution >= 4 is 39.9 Å². The molecule has 3 rings (SSSR count). The molecule has 1 heterocycles. The molecule has 3 aromatic rings. The Bertz CT molecular complexity index is 1130. The SMILES string of the molecule is COCCN(CC(=O)Nc1nc(CC(=O)Nc2ccc(C)cc2)cs1)C(=O)c1ccc(F)cc1. The third-order valence-electron chi connectivity index (χ3n) is 4.75. The summed E-state index contributed by atoms with van der Waals surface area (Å²) in [6.07, 6.45) is 0.0588. The third kappa shape index (κ3) is 7.46. The van der Waals surface area contributed by atoms with Crippen LogP contribution in [0.1, 0.15) is 21.6 Å². The van der Waals surface area contributed by atoms with Crippen molar-refractivity contribution in [1.82, 2.24) is 9.88 Å². The number of ether oxygens (including phenoxy) is 1. The highest BCUT2D eigenvalue weighted by molar-refractivity contribution is 7.13. The van der Waals surface area contributed by atoms with E-state index in [2.05, 4.69) is 15.6 Å². The maximum absolute atomic E-state index is 13.2. The van der Waals surface area contributed by atoms with Crippen LogP contribution in [0.3, 0.4) is 0 Å². The topological polar surface area (TPSA) is 101 Å². The van der Waals surface area contributed by atoms with Crippen LogP contribution in [0.25, 0.3) is 0 Å². The number of amides is 3. The molecule has 0 saturated heterocycles. The molecule has 0 bridgehead atoms. The highest BCUT2D eigenvalue weighted by atomic mass is 32.1. The van der Waals surface area contributed by atoms with Gasteiger partial charge in [0, 0.05) is 30.3 Å². The molecule has 2 N–H and O–H groups in total. The highest BCUT2D eigenvalue weighted by Gasteiger charge is 2.20. The van der Waals surface area contributed by atoms with Crippen LogP contribution in [-0.2, 0) is 20.7 Å². The molecule has 0 aliphatic rings. The van der Waals surface area contributed by atoms with Crippen molar-refractivity contribution in [3.05, 3.63) is 76.5 Å². The number of carbonyl (C=O) groups is 3. The second-order valence-corrected chi connectivity index (χ2v) is 8.37. The standard InChI is InChI=1S/C24H25FN4O4S/c1-16-3-9-19(10-4-16)26-21(30)13-20-15-34-24(27-20)28-22(31)14-29(11-12-33-2)23(32)17-5-7-18(25)8-6-17/h3-10,15H,11-14H2,1-2H3,(H,26,30)(H,27,28,31). The number of benzene rings is 2. The third-order valence-corrected chi connectivity index (χ3v) is 5.56. The average Bonchev–Trinajstić information content (AvgIpc) is 3.24. The number of methoxy groups -OCH3 is 1. The van der Waals surface area contributed by atoms with Crippen molar-refractivity contribution in [2.45, 2.75) is 13.3 Å². The molecule has 1 aromatic heterocycles. The summed E-state index contributed by atoms with van der Waals surface area (Å²) >= 11 is 1.19. The van der Waals surface area contributed by atoms with E-state index in [1.165, 1.54) is 47.6 Å². The van der Waals surface area contributed by atoms with E-state index >= 15 is 0 Å². The summed E-state index contributed by atoms with van der Waals surface area (Å²) in [5.74, 6) is -1.54. The van der Waals surface area contributed by atoms with Crippen LogP contribution >= 0.6 is 11.3 Å². The number of thiazole rings is 1. The van der Waals surface area contributed by atoms with Gasteiger partial charge in [0.05, 0.1) is 18.7 Å². The fourth-order valence-corrected chi connectivity index (χ4v) is 3.74. The van der Waals surface area contributed by atoms with Crippen molar-refractivity contribution in [1.29, 1.82) is 0 Å². The predicted molar refractivity (Wildman–Crippen MR) is 128 cm³/mol. The lowest BCUT2D eigenvalue weighted by molar-refractivity contribution is -0.117. The number of hydrogen-bond donors (Lipinski definition) is 2. The lowest BCUT2D eigenvalue weighted by Crippen LogP contribution is -2.40. The van der Waals surface area contributed by atoms with Gasteiger partial charge in [-0.25, -0.2) is 9.37 Å². The normalized spacial score (nSPS) is 10.6. The Balaban J connectivity index is 1.56. The Morgan fingerprint density at radius 1 is 1.03 bits per heavy atom. The van der Waals surface area contributed by atoms with E-state index in [-0.39, 0.29) is 37.6 Å². The molecular formula is C24H25FN4O4S. The van der Waals surface area contributed by atoms with Crippen molar-refractivity contribution in [2.75, 3.05) is 37.4 Å². The van der Waals surface area contributed by atoms with Crippen LogP contribution in [0.2, 0.25) is 0 Å². The second-order valence-electron chi connectivity index (χ2n) is 7.51. The maximum atomic E-state index is 13.2. The van der Waals surface area contributed by atoms with E-state index in [1.807, 2.05) is 31.2 Å². The molecule has 0 aliphatic carbocycles. The minimum Gasteiger partial charge on any atom is -0.383 e. The van der Waals surface area contributed by atoms with Crippen molar-refractivity contribution in [3.63, 3.8) is 0 Å². The Labute approximate surface area is 200 Å². The number of hydrogen-bond acceptors (Lipinski definition) is 6. The van der Waals surface area contributed by atoms with Gasteiger partial charge in [-0.1, -0.05) is 17.7 Å². The Morgan fingerprint density at radius 2 is 1.74 bits per heavy atom. The maximum Gasteiger partial charge on any atom is 0.254 e. The largest absolute Gasteiger partial charge is 0.383 e. The van der Waals surface area contributed by atoms with Gasteiger partial charge in [0.2, 0.25) is 11.8 Å². The first-order valence-electron chi connectivity index (χ1n) is 10.5. The molecule has 0 radical (unpaired) electrons. The van der Waals surface area contributed by atoms with Crippen LogP contribution in [0.5, 0.6) is 0 Å². The van der Waals surface area contributed by atoms with Gasteiger partial charge in [-0.2, -0.15) is 0 Å². The molecule has 3 amide bonds. The Morgan fingerprint density at radius 3 is 2.41 bits per heavy atom. The van der Waals surface area contributed by atoms with Gasteiger partial charge in [-0.05, 0) is 43.3 Å². The summed E-state index contributed by atoms with van der Waals surface area (Å²) in [6.45, 7) is 2.15. The van der Waals surface area contributed by atoms with Gasteiger partial charge < -0.3 is 20.3 Å². The number of aryl methyl sites for hydroxylation is 1. The first kappa shape index (κ1) is 25.0. The molecule has 0 spiro atoms.